The van der Waals surface area contributed by atoms with E-state index in [-0.39, 0.29) is 44.7 Å². The number of carbonyl (C=O) groups excluding carboxylic acids is 1. The number of fused-ring (bicyclic) bond motifs is 7. The van der Waals surface area contributed by atoms with E-state index in [1.165, 1.54) is 5.57 Å². The highest BCUT2D eigenvalue weighted by atomic mass is 16.5. The molecule has 1 aromatic heterocycles. The van der Waals surface area contributed by atoms with Gasteiger partial charge in [0.25, 0.3) is 0 Å². The van der Waals surface area contributed by atoms with Crippen molar-refractivity contribution in [3.05, 3.63) is 35.0 Å². The lowest BCUT2D eigenvalue weighted by molar-refractivity contribution is -0.159. The van der Waals surface area contributed by atoms with Crippen molar-refractivity contribution in [2.75, 3.05) is 13.2 Å². The summed E-state index contributed by atoms with van der Waals surface area (Å²) in [7, 11) is 0. The number of aromatic nitrogens is 2. The van der Waals surface area contributed by atoms with Gasteiger partial charge in [0.1, 0.15) is 0 Å². The highest BCUT2D eigenvalue weighted by molar-refractivity contribution is 5.95. The van der Waals surface area contributed by atoms with Gasteiger partial charge in [-0.05, 0) is 91.9 Å². The first kappa shape index (κ1) is 26.9. The second kappa shape index (κ2) is 8.62. The molecule has 39 heavy (non-hydrogen) atoms. The monoisotopic (exact) mass is 531 g/mol. The number of aryl methyl sites for hydroxylation is 1. The van der Waals surface area contributed by atoms with Crippen LogP contribution in [0, 0.1) is 63.6 Å². The third kappa shape index (κ3) is 3.64. The SMILES string of the molecule is Cc1noc([C@]23CCC(C)(C)CC2C2C(=O)C=C4[C@@]5(C)/C=C(/C#N)COC[C@@H](C)[C@@H]5CC[C@@]4(C)[C@]2(C)CC3)n1. The molecular formula is C33H45N3O3. The first-order valence-corrected chi connectivity index (χ1v) is 15.1. The summed E-state index contributed by atoms with van der Waals surface area (Å²) < 4.78 is 11.8. The van der Waals surface area contributed by atoms with Crippen LogP contribution in [0.1, 0.15) is 98.2 Å². The van der Waals surface area contributed by atoms with Crippen LogP contribution < -0.4 is 0 Å². The van der Waals surface area contributed by atoms with Crippen molar-refractivity contribution in [3.63, 3.8) is 0 Å². The summed E-state index contributed by atoms with van der Waals surface area (Å²) in [5.74, 6) is 2.48. The van der Waals surface area contributed by atoms with E-state index >= 15 is 0 Å². The van der Waals surface area contributed by atoms with Gasteiger partial charge in [-0.1, -0.05) is 58.3 Å². The van der Waals surface area contributed by atoms with Crippen LogP contribution in [0.15, 0.2) is 27.8 Å². The van der Waals surface area contributed by atoms with Crippen molar-refractivity contribution in [3.8, 4) is 6.07 Å². The Labute approximate surface area is 233 Å². The molecule has 6 nitrogen and oxygen atoms in total. The van der Waals surface area contributed by atoms with Gasteiger partial charge in [0, 0.05) is 17.9 Å². The largest absolute Gasteiger partial charge is 0.376 e. The van der Waals surface area contributed by atoms with E-state index in [1.807, 2.05) is 6.92 Å². The molecule has 2 unspecified atom stereocenters. The van der Waals surface area contributed by atoms with E-state index in [1.54, 1.807) is 0 Å². The summed E-state index contributed by atoms with van der Waals surface area (Å²) in [5.41, 5.74) is 1.22. The third-order valence-electron chi connectivity index (χ3n) is 12.6. The van der Waals surface area contributed by atoms with Crippen LogP contribution in [0.4, 0.5) is 0 Å². The fraction of sp³-hybridized carbons (Fsp3) is 0.758. The molecule has 0 radical (unpaired) electrons. The van der Waals surface area contributed by atoms with Crippen molar-refractivity contribution in [2.45, 2.75) is 98.8 Å². The maximum Gasteiger partial charge on any atom is 0.233 e. The number of nitriles is 1. The molecule has 0 bridgehead atoms. The number of carbonyl (C=O) groups is 1. The number of nitrogens with zero attached hydrogens (tertiary/aromatic N) is 3. The molecular weight excluding hydrogens is 486 g/mol. The Kier molecular flexibility index (Phi) is 5.95. The Bertz CT molecular complexity index is 1300. The number of allylic oxidation sites excluding steroid dienone is 3. The Balaban J connectivity index is 1.52. The van der Waals surface area contributed by atoms with Crippen molar-refractivity contribution in [1.29, 1.82) is 5.26 Å². The number of rotatable bonds is 1. The van der Waals surface area contributed by atoms with Crippen LogP contribution in [0.3, 0.4) is 0 Å². The molecule has 3 saturated carbocycles. The summed E-state index contributed by atoms with van der Waals surface area (Å²) in [6.07, 6.45) is 11.4. The van der Waals surface area contributed by atoms with Gasteiger partial charge in [-0.2, -0.15) is 10.2 Å². The standard InChI is InChI=1S/C33H45N3O3/c1-20-18-38-19-22(17-34)15-30(5)23(20)8-9-31(6)26(30)14-25(37)27-24-16-29(3,4)10-12-33(24,13-11-32(27,31)7)28-35-21(2)36-39-28/h14-15,20,23-24,27H,8-13,16,18-19H2,1-7H3/b22-15-/t20-,23+,24?,27?,30+,31-,32-,33+/m1/s1. The Morgan fingerprint density at radius 1 is 1.05 bits per heavy atom. The molecule has 1 aliphatic heterocycles. The molecule has 5 aliphatic rings. The zero-order valence-corrected chi connectivity index (χ0v) is 24.9. The van der Waals surface area contributed by atoms with Gasteiger partial charge in [0.2, 0.25) is 5.89 Å². The van der Waals surface area contributed by atoms with Gasteiger partial charge >= 0.3 is 0 Å². The fourth-order valence-electron chi connectivity index (χ4n) is 10.3. The minimum absolute atomic E-state index is 0.0827. The molecule has 8 atom stereocenters. The molecule has 3 fully saturated rings. The van der Waals surface area contributed by atoms with Gasteiger partial charge in [-0.3, -0.25) is 4.79 Å². The first-order chi connectivity index (χ1) is 18.3. The Hall–Kier alpha value is -2.26. The minimum atomic E-state index is -0.338. The molecule has 0 N–H and O–H groups in total. The number of hydrogen-bond acceptors (Lipinski definition) is 6. The molecule has 0 saturated heterocycles. The average molecular weight is 532 g/mol. The van der Waals surface area contributed by atoms with E-state index < -0.39 is 0 Å². The van der Waals surface area contributed by atoms with E-state index in [2.05, 4.69) is 64.9 Å². The maximum atomic E-state index is 14.6. The normalized spacial score (nSPS) is 46.6. The highest BCUT2D eigenvalue weighted by Crippen LogP contribution is 2.73. The average Bonchev–Trinajstić information content (AvgIpc) is 3.30. The van der Waals surface area contributed by atoms with Gasteiger partial charge in [-0.25, -0.2) is 0 Å². The van der Waals surface area contributed by atoms with Gasteiger partial charge in [0.05, 0.1) is 23.7 Å². The van der Waals surface area contributed by atoms with E-state index in [0.717, 1.165) is 50.8 Å². The second-order valence-electron chi connectivity index (χ2n) is 15.2. The molecule has 6 heteroatoms. The van der Waals surface area contributed by atoms with E-state index in [9.17, 15) is 10.1 Å². The summed E-state index contributed by atoms with van der Waals surface area (Å²) >= 11 is 0. The zero-order valence-electron chi connectivity index (χ0n) is 24.9. The molecule has 1 aromatic rings. The Morgan fingerprint density at radius 2 is 1.79 bits per heavy atom. The maximum absolute atomic E-state index is 14.6. The Morgan fingerprint density at radius 3 is 2.49 bits per heavy atom. The molecule has 2 heterocycles. The quantitative estimate of drug-likeness (QED) is 0.391. The van der Waals surface area contributed by atoms with Crippen LogP contribution in [-0.4, -0.2) is 29.1 Å². The lowest BCUT2D eigenvalue weighted by Crippen LogP contribution is -2.64. The van der Waals surface area contributed by atoms with Crippen LogP contribution in [-0.2, 0) is 14.9 Å². The van der Waals surface area contributed by atoms with Crippen LogP contribution in [0.25, 0.3) is 0 Å². The molecule has 0 aromatic carbocycles. The molecule has 0 amide bonds. The number of ether oxygens (including phenoxy) is 1. The predicted octanol–water partition coefficient (Wildman–Crippen LogP) is 6.91. The first-order valence-electron chi connectivity index (χ1n) is 15.1. The van der Waals surface area contributed by atoms with Gasteiger partial charge in [-0.15, -0.1) is 0 Å². The minimum Gasteiger partial charge on any atom is -0.376 e. The lowest BCUT2D eigenvalue weighted by Gasteiger charge is -2.68. The highest BCUT2D eigenvalue weighted by Gasteiger charge is 2.69. The summed E-state index contributed by atoms with van der Waals surface area (Å²) in [5, 5.41) is 14.1. The van der Waals surface area contributed by atoms with Crippen molar-refractivity contribution in [2.24, 2.45) is 45.3 Å². The summed E-state index contributed by atoms with van der Waals surface area (Å²) in [6.45, 7) is 17.0. The van der Waals surface area contributed by atoms with Crippen LogP contribution >= 0.6 is 0 Å². The molecule has 6 rings (SSSR count). The van der Waals surface area contributed by atoms with E-state index in [4.69, 9.17) is 14.2 Å². The van der Waals surface area contributed by atoms with Gasteiger partial charge < -0.3 is 9.26 Å². The summed E-state index contributed by atoms with van der Waals surface area (Å²) in [6, 6.07) is 2.40. The molecule has 0 spiro atoms. The van der Waals surface area contributed by atoms with Crippen molar-refractivity contribution in [1.82, 2.24) is 10.1 Å². The topological polar surface area (TPSA) is 89.0 Å². The lowest BCUT2D eigenvalue weighted by atomic mass is 9.35. The smallest absolute Gasteiger partial charge is 0.233 e. The number of hydrogen-bond donors (Lipinski definition) is 0. The molecule has 4 aliphatic carbocycles. The van der Waals surface area contributed by atoms with Gasteiger partial charge in [0.15, 0.2) is 11.6 Å². The number of ketones is 1. The fourth-order valence-corrected chi connectivity index (χ4v) is 10.3. The second-order valence-corrected chi connectivity index (χ2v) is 15.2. The van der Waals surface area contributed by atoms with Crippen molar-refractivity contribution < 1.29 is 14.1 Å². The van der Waals surface area contributed by atoms with Crippen LogP contribution in [0.2, 0.25) is 0 Å². The van der Waals surface area contributed by atoms with Crippen LogP contribution in [0.5, 0.6) is 0 Å². The van der Waals surface area contributed by atoms with Crippen molar-refractivity contribution >= 4 is 5.78 Å². The predicted molar refractivity (Wildman–Crippen MR) is 148 cm³/mol. The van der Waals surface area contributed by atoms with E-state index in [0.29, 0.717) is 36.4 Å². The third-order valence-corrected chi connectivity index (χ3v) is 12.6. The summed E-state index contributed by atoms with van der Waals surface area (Å²) in [4.78, 5) is 19.4. The molecule has 210 valence electrons. The zero-order chi connectivity index (χ0) is 28.0.